The SMILES string of the molecule is C=NNC(CCC)=NC. The number of hydrogen-bond donors (Lipinski definition) is 1. The molecule has 0 heterocycles. The lowest BCUT2D eigenvalue weighted by Gasteiger charge is -1.99. The van der Waals surface area contributed by atoms with Crippen LogP contribution in [0.25, 0.3) is 0 Å². The molecule has 3 nitrogen and oxygen atoms in total. The number of amidine groups is 1. The van der Waals surface area contributed by atoms with Gasteiger partial charge in [0.05, 0.1) is 0 Å². The molecule has 0 aromatic rings. The summed E-state index contributed by atoms with van der Waals surface area (Å²) in [5.41, 5.74) is 2.70. The Bertz CT molecular complexity index is 107. The standard InChI is InChI=1S/C6H13N3/c1-4-5-6(7-2)9-8-3/h3-5H2,1-2H3,(H,7,9). The van der Waals surface area contributed by atoms with Crippen molar-refractivity contribution in [1.82, 2.24) is 5.43 Å². The molecule has 0 saturated carbocycles. The van der Waals surface area contributed by atoms with Crippen LogP contribution in [0.15, 0.2) is 10.1 Å². The fraction of sp³-hybridized carbons (Fsp3) is 0.667. The summed E-state index contributed by atoms with van der Waals surface area (Å²) in [6, 6.07) is 0. The van der Waals surface area contributed by atoms with Crippen molar-refractivity contribution in [3.63, 3.8) is 0 Å². The highest BCUT2D eigenvalue weighted by Gasteiger charge is 1.89. The van der Waals surface area contributed by atoms with E-state index in [1.807, 2.05) is 0 Å². The molecule has 0 aliphatic heterocycles. The van der Waals surface area contributed by atoms with Gasteiger partial charge >= 0.3 is 0 Å². The predicted molar refractivity (Wildman–Crippen MR) is 41.0 cm³/mol. The third-order valence-electron chi connectivity index (χ3n) is 0.965. The maximum Gasteiger partial charge on any atom is 0.116 e. The van der Waals surface area contributed by atoms with Crippen LogP contribution in [-0.4, -0.2) is 19.6 Å². The molecule has 0 fully saturated rings. The van der Waals surface area contributed by atoms with Gasteiger partial charge in [0.15, 0.2) is 0 Å². The quantitative estimate of drug-likeness (QED) is 0.343. The van der Waals surface area contributed by atoms with Crippen LogP contribution in [0, 0.1) is 0 Å². The van der Waals surface area contributed by atoms with Gasteiger partial charge in [0.2, 0.25) is 0 Å². The van der Waals surface area contributed by atoms with Crippen molar-refractivity contribution in [3.05, 3.63) is 0 Å². The Morgan fingerprint density at radius 3 is 2.67 bits per heavy atom. The van der Waals surface area contributed by atoms with Crippen molar-refractivity contribution in [1.29, 1.82) is 0 Å². The normalized spacial score (nSPS) is 11.1. The molecule has 0 bridgehead atoms. The third-order valence-corrected chi connectivity index (χ3v) is 0.965. The Hall–Kier alpha value is -0.860. The van der Waals surface area contributed by atoms with Crippen LogP contribution in [0.4, 0.5) is 0 Å². The molecule has 3 heteroatoms. The number of aliphatic imine (C=N–C) groups is 1. The van der Waals surface area contributed by atoms with E-state index in [1.54, 1.807) is 7.05 Å². The molecule has 1 N–H and O–H groups in total. The van der Waals surface area contributed by atoms with Gasteiger partial charge in [-0.3, -0.25) is 10.4 Å². The van der Waals surface area contributed by atoms with Gasteiger partial charge in [-0.25, -0.2) is 0 Å². The largest absolute Gasteiger partial charge is 0.274 e. The molecule has 0 aliphatic carbocycles. The Labute approximate surface area is 55.9 Å². The van der Waals surface area contributed by atoms with Gasteiger partial charge in [-0.1, -0.05) is 6.92 Å². The second kappa shape index (κ2) is 5.28. The zero-order valence-electron chi connectivity index (χ0n) is 6.02. The monoisotopic (exact) mass is 127 g/mol. The van der Waals surface area contributed by atoms with Crippen molar-refractivity contribution in [2.24, 2.45) is 10.1 Å². The van der Waals surface area contributed by atoms with Gasteiger partial charge in [0.25, 0.3) is 0 Å². The molecular weight excluding hydrogens is 114 g/mol. The zero-order valence-corrected chi connectivity index (χ0v) is 6.02. The molecular formula is C6H13N3. The number of hydrogen-bond acceptors (Lipinski definition) is 2. The first-order chi connectivity index (χ1) is 4.35. The van der Waals surface area contributed by atoms with Crippen LogP contribution >= 0.6 is 0 Å². The summed E-state index contributed by atoms with van der Waals surface area (Å²) in [5.74, 6) is 0.896. The average Bonchev–Trinajstić information content (AvgIpc) is 1.88. The minimum Gasteiger partial charge on any atom is -0.274 e. The first kappa shape index (κ1) is 8.14. The lowest BCUT2D eigenvalue weighted by Crippen LogP contribution is -2.16. The van der Waals surface area contributed by atoms with Gasteiger partial charge in [-0.15, -0.1) is 0 Å². The first-order valence-electron chi connectivity index (χ1n) is 3.02. The summed E-state index contributed by atoms with van der Waals surface area (Å²) in [4.78, 5) is 3.94. The Kier molecular flexibility index (Phi) is 4.78. The van der Waals surface area contributed by atoms with Crippen molar-refractivity contribution in [2.45, 2.75) is 19.8 Å². The van der Waals surface area contributed by atoms with Crippen molar-refractivity contribution in [2.75, 3.05) is 7.05 Å². The summed E-state index contributed by atoms with van der Waals surface area (Å²) in [7, 11) is 1.74. The molecule has 0 spiro atoms. The van der Waals surface area contributed by atoms with E-state index in [9.17, 15) is 0 Å². The summed E-state index contributed by atoms with van der Waals surface area (Å²) in [5, 5.41) is 3.49. The van der Waals surface area contributed by atoms with E-state index < -0.39 is 0 Å². The van der Waals surface area contributed by atoms with Crippen molar-refractivity contribution in [3.8, 4) is 0 Å². The van der Waals surface area contributed by atoms with Gasteiger partial charge in [0, 0.05) is 20.2 Å². The van der Waals surface area contributed by atoms with Crippen molar-refractivity contribution < 1.29 is 0 Å². The average molecular weight is 127 g/mol. The van der Waals surface area contributed by atoms with E-state index in [0.717, 1.165) is 18.7 Å². The molecule has 52 valence electrons. The number of nitrogens with zero attached hydrogens (tertiary/aromatic N) is 2. The van der Waals surface area contributed by atoms with Gasteiger partial charge < -0.3 is 0 Å². The highest BCUT2D eigenvalue weighted by atomic mass is 15.3. The highest BCUT2D eigenvalue weighted by molar-refractivity contribution is 5.81. The van der Waals surface area contributed by atoms with Gasteiger partial charge in [-0.05, 0) is 6.42 Å². The summed E-state index contributed by atoms with van der Waals surface area (Å²) >= 11 is 0. The molecule has 0 aromatic carbocycles. The fourth-order valence-electron chi connectivity index (χ4n) is 0.546. The second-order valence-corrected chi connectivity index (χ2v) is 1.69. The summed E-state index contributed by atoms with van der Waals surface area (Å²) in [6.45, 7) is 5.38. The number of rotatable bonds is 3. The van der Waals surface area contributed by atoms with Crippen LogP contribution < -0.4 is 5.43 Å². The maximum atomic E-state index is 3.94. The van der Waals surface area contributed by atoms with E-state index in [-0.39, 0.29) is 0 Å². The van der Waals surface area contributed by atoms with E-state index in [2.05, 4.69) is 29.2 Å². The highest BCUT2D eigenvalue weighted by Crippen LogP contribution is 1.87. The van der Waals surface area contributed by atoms with E-state index in [1.165, 1.54) is 0 Å². The van der Waals surface area contributed by atoms with E-state index in [0.29, 0.717) is 0 Å². The summed E-state index contributed by atoms with van der Waals surface area (Å²) < 4.78 is 0. The van der Waals surface area contributed by atoms with Crippen LogP contribution in [0.3, 0.4) is 0 Å². The molecule has 0 rings (SSSR count). The fourth-order valence-corrected chi connectivity index (χ4v) is 0.546. The Morgan fingerprint density at radius 2 is 2.33 bits per heavy atom. The van der Waals surface area contributed by atoms with E-state index >= 15 is 0 Å². The smallest absolute Gasteiger partial charge is 0.116 e. The molecule has 0 amide bonds. The molecule has 0 aliphatic rings. The first-order valence-corrected chi connectivity index (χ1v) is 3.02. The topological polar surface area (TPSA) is 36.8 Å². The third kappa shape index (κ3) is 3.70. The van der Waals surface area contributed by atoms with Crippen LogP contribution in [0.5, 0.6) is 0 Å². The minimum absolute atomic E-state index is 0.896. The molecule has 0 saturated heterocycles. The predicted octanol–water partition coefficient (Wildman–Crippen LogP) is 1.02. The van der Waals surface area contributed by atoms with Crippen LogP contribution in [-0.2, 0) is 0 Å². The molecule has 0 unspecified atom stereocenters. The Balaban J connectivity index is 3.55. The van der Waals surface area contributed by atoms with Crippen molar-refractivity contribution >= 4 is 12.6 Å². The second-order valence-electron chi connectivity index (χ2n) is 1.69. The lowest BCUT2D eigenvalue weighted by molar-refractivity contribution is 0.908. The Morgan fingerprint density at radius 1 is 1.67 bits per heavy atom. The summed E-state index contributed by atoms with van der Waals surface area (Å²) in [6.07, 6.45) is 2.02. The zero-order chi connectivity index (χ0) is 7.11. The molecule has 9 heavy (non-hydrogen) atoms. The lowest BCUT2D eigenvalue weighted by atomic mass is 10.3. The van der Waals surface area contributed by atoms with Gasteiger partial charge in [-0.2, -0.15) is 5.10 Å². The molecule has 0 radical (unpaired) electrons. The number of nitrogens with one attached hydrogen (secondary N) is 1. The van der Waals surface area contributed by atoms with Crippen LogP contribution in [0.2, 0.25) is 0 Å². The van der Waals surface area contributed by atoms with E-state index in [4.69, 9.17) is 0 Å². The minimum atomic E-state index is 0.896. The molecule has 0 aromatic heterocycles. The number of hydrazone groups is 1. The maximum absolute atomic E-state index is 3.94. The van der Waals surface area contributed by atoms with Gasteiger partial charge in [0.1, 0.15) is 5.84 Å². The van der Waals surface area contributed by atoms with Crippen LogP contribution in [0.1, 0.15) is 19.8 Å². The molecule has 0 atom stereocenters.